The first-order valence-corrected chi connectivity index (χ1v) is 9.35. The number of pyridine rings is 1. The molecule has 0 saturated heterocycles. The number of fused-ring (bicyclic) bond motifs is 1. The van der Waals surface area contributed by atoms with Crippen molar-refractivity contribution in [1.82, 2.24) is 24.4 Å². The Balaban J connectivity index is 1.50. The zero-order valence-corrected chi connectivity index (χ0v) is 16.3. The highest BCUT2D eigenvalue weighted by atomic mass is 16.1. The van der Waals surface area contributed by atoms with E-state index in [-0.39, 0.29) is 5.91 Å². The van der Waals surface area contributed by atoms with Gasteiger partial charge in [-0.2, -0.15) is 0 Å². The topological polar surface area (TPSA) is 64.7 Å². The van der Waals surface area contributed by atoms with Crippen molar-refractivity contribution in [3.05, 3.63) is 77.6 Å². The summed E-state index contributed by atoms with van der Waals surface area (Å²) in [6.45, 7) is 7.17. The SMILES string of the molecule is Cc1cc(C(=O)NCCn2c(C)nc3ccccc32)c(C)n1-c1cccnc1. The van der Waals surface area contributed by atoms with Crippen molar-refractivity contribution in [2.75, 3.05) is 6.54 Å². The van der Waals surface area contributed by atoms with Crippen LogP contribution in [0, 0.1) is 20.8 Å². The standard InChI is InChI=1S/C22H23N5O/c1-15-13-19(16(2)27(15)18-7-6-10-23-14-18)22(28)24-11-12-26-17(3)25-20-8-4-5-9-21(20)26/h4-10,13-14H,11-12H2,1-3H3,(H,24,28). The minimum Gasteiger partial charge on any atom is -0.350 e. The van der Waals surface area contributed by atoms with Gasteiger partial charge in [0, 0.05) is 30.7 Å². The van der Waals surface area contributed by atoms with E-state index in [1.165, 1.54) is 0 Å². The molecule has 0 spiro atoms. The van der Waals surface area contributed by atoms with Crippen LogP contribution in [0.5, 0.6) is 0 Å². The Labute approximate surface area is 163 Å². The van der Waals surface area contributed by atoms with E-state index in [0.29, 0.717) is 18.7 Å². The number of benzene rings is 1. The zero-order chi connectivity index (χ0) is 19.7. The lowest BCUT2D eigenvalue weighted by atomic mass is 10.2. The van der Waals surface area contributed by atoms with Gasteiger partial charge < -0.3 is 14.5 Å². The second-order valence-corrected chi connectivity index (χ2v) is 6.89. The van der Waals surface area contributed by atoms with Crippen LogP contribution in [0.15, 0.2) is 54.9 Å². The van der Waals surface area contributed by atoms with Crippen molar-refractivity contribution in [3.63, 3.8) is 0 Å². The number of imidazole rings is 1. The number of nitrogens with one attached hydrogen (secondary N) is 1. The molecule has 4 rings (SSSR count). The van der Waals surface area contributed by atoms with Crippen LogP contribution in [0.3, 0.4) is 0 Å². The van der Waals surface area contributed by atoms with Crippen LogP contribution in [0.4, 0.5) is 0 Å². The van der Waals surface area contributed by atoms with Crippen molar-refractivity contribution in [1.29, 1.82) is 0 Å². The monoisotopic (exact) mass is 373 g/mol. The van der Waals surface area contributed by atoms with E-state index in [2.05, 4.69) is 30.5 Å². The van der Waals surface area contributed by atoms with Gasteiger partial charge in [-0.3, -0.25) is 9.78 Å². The normalized spacial score (nSPS) is 11.1. The van der Waals surface area contributed by atoms with Crippen LogP contribution in [0.25, 0.3) is 16.7 Å². The fraction of sp³-hybridized carbons (Fsp3) is 0.227. The summed E-state index contributed by atoms with van der Waals surface area (Å²) < 4.78 is 4.18. The Morgan fingerprint density at radius 1 is 1.11 bits per heavy atom. The van der Waals surface area contributed by atoms with Crippen molar-refractivity contribution in [3.8, 4) is 5.69 Å². The van der Waals surface area contributed by atoms with Crippen LogP contribution >= 0.6 is 0 Å². The maximum Gasteiger partial charge on any atom is 0.253 e. The van der Waals surface area contributed by atoms with Gasteiger partial charge in [0.2, 0.25) is 0 Å². The molecule has 142 valence electrons. The molecule has 0 unspecified atom stereocenters. The summed E-state index contributed by atoms with van der Waals surface area (Å²) in [6, 6.07) is 13.9. The van der Waals surface area contributed by atoms with E-state index in [1.807, 2.05) is 57.2 Å². The molecule has 6 nitrogen and oxygen atoms in total. The number of hydrogen-bond acceptors (Lipinski definition) is 3. The van der Waals surface area contributed by atoms with Crippen molar-refractivity contribution >= 4 is 16.9 Å². The average Bonchev–Trinajstić information content (AvgIpc) is 3.18. The van der Waals surface area contributed by atoms with Gasteiger partial charge in [-0.05, 0) is 51.1 Å². The molecule has 1 amide bonds. The Morgan fingerprint density at radius 3 is 2.71 bits per heavy atom. The molecule has 28 heavy (non-hydrogen) atoms. The first kappa shape index (κ1) is 18.0. The van der Waals surface area contributed by atoms with E-state index in [0.717, 1.165) is 33.9 Å². The summed E-state index contributed by atoms with van der Waals surface area (Å²) in [5.41, 5.74) is 5.63. The summed E-state index contributed by atoms with van der Waals surface area (Å²) in [6.07, 6.45) is 3.54. The lowest BCUT2D eigenvalue weighted by molar-refractivity contribution is 0.0951. The van der Waals surface area contributed by atoms with Crippen molar-refractivity contribution in [2.45, 2.75) is 27.3 Å². The molecule has 0 fully saturated rings. The number of carbonyl (C=O) groups excluding carboxylic acids is 1. The number of carbonyl (C=O) groups is 1. The number of aryl methyl sites for hydroxylation is 2. The van der Waals surface area contributed by atoms with E-state index in [9.17, 15) is 4.79 Å². The number of amides is 1. The quantitative estimate of drug-likeness (QED) is 0.582. The zero-order valence-electron chi connectivity index (χ0n) is 16.3. The molecule has 1 aromatic carbocycles. The predicted octanol–water partition coefficient (Wildman–Crippen LogP) is 3.58. The maximum absolute atomic E-state index is 12.8. The Morgan fingerprint density at radius 2 is 1.93 bits per heavy atom. The fourth-order valence-corrected chi connectivity index (χ4v) is 3.73. The summed E-state index contributed by atoms with van der Waals surface area (Å²) in [7, 11) is 0. The second-order valence-electron chi connectivity index (χ2n) is 6.89. The first-order valence-electron chi connectivity index (χ1n) is 9.35. The highest BCUT2D eigenvalue weighted by Gasteiger charge is 2.16. The minimum absolute atomic E-state index is 0.0645. The number of rotatable bonds is 5. The molecular formula is C22H23N5O. The van der Waals surface area contributed by atoms with Gasteiger partial charge in [0.25, 0.3) is 5.91 Å². The Kier molecular flexibility index (Phi) is 4.69. The highest BCUT2D eigenvalue weighted by molar-refractivity contribution is 5.95. The van der Waals surface area contributed by atoms with Crippen LogP contribution < -0.4 is 5.32 Å². The number of aromatic nitrogens is 4. The summed E-state index contributed by atoms with van der Waals surface area (Å²) in [5.74, 6) is 0.885. The lowest BCUT2D eigenvalue weighted by Crippen LogP contribution is -2.27. The van der Waals surface area contributed by atoms with Crippen LogP contribution in [0.1, 0.15) is 27.6 Å². The summed E-state index contributed by atoms with van der Waals surface area (Å²) in [5, 5.41) is 3.05. The molecule has 0 aliphatic rings. The van der Waals surface area contributed by atoms with Crippen LogP contribution in [-0.2, 0) is 6.54 Å². The van der Waals surface area contributed by atoms with Crippen molar-refractivity contribution in [2.24, 2.45) is 0 Å². The number of para-hydroxylation sites is 2. The predicted molar refractivity (Wildman–Crippen MR) is 110 cm³/mol. The van der Waals surface area contributed by atoms with Crippen LogP contribution in [-0.4, -0.2) is 31.6 Å². The summed E-state index contributed by atoms with van der Waals surface area (Å²) in [4.78, 5) is 21.5. The molecular weight excluding hydrogens is 350 g/mol. The van der Waals surface area contributed by atoms with Gasteiger partial charge in [0.1, 0.15) is 5.82 Å². The van der Waals surface area contributed by atoms with Crippen LogP contribution in [0.2, 0.25) is 0 Å². The molecule has 0 atom stereocenters. The highest BCUT2D eigenvalue weighted by Crippen LogP contribution is 2.20. The third-order valence-corrected chi connectivity index (χ3v) is 5.05. The molecule has 3 aromatic heterocycles. The largest absolute Gasteiger partial charge is 0.350 e. The van der Waals surface area contributed by atoms with Gasteiger partial charge >= 0.3 is 0 Å². The van der Waals surface area contributed by atoms with Gasteiger partial charge in [-0.25, -0.2) is 4.98 Å². The fourth-order valence-electron chi connectivity index (χ4n) is 3.73. The molecule has 6 heteroatoms. The van der Waals surface area contributed by atoms with E-state index in [4.69, 9.17) is 0 Å². The minimum atomic E-state index is -0.0645. The van der Waals surface area contributed by atoms with Gasteiger partial charge in [0.05, 0.1) is 28.5 Å². The molecule has 0 aliphatic heterocycles. The number of hydrogen-bond donors (Lipinski definition) is 1. The molecule has 0 bridgehead atoms. The molecule has 4 aromatic rings. The van der Waals surface area contributed by atoms with E-state index in [1.54, 1.807) is 12.4 Å². The van der Waals surface area contributed by atoms with Gasteiger partial charge in [-0.1, -0.05) is 12.1 Å². The van der Waals surface area contributed by atoms with E-state index >= 15 is 0 Å². The number of nitrogens with zero attached hydrogens (tertiary/aromatic N) is 4. The maximum atomic E-state index is 12.8. The van der Waals surface area contributed by atoms with Crippen molar-refractivity contribution < 1.29 is 4.79 Å². The average molecular weight is 373 g/mol. The van der Waals surface area contributed by atoms with Gasteiger partial charge in [0.15, 0.2) is 0 Å². The van der Waals surface area contributed by atoms with E-state index < -0.39 is 0 Å². The third kappa shape index (κ3) is 3.17. The Bertz CT molecular complexity index is 1140. The smallest absolute Gasteiger partial charge is 0.253 e. The molecule has 0 saturated carbocycles. The van der Waals surface area contributed by atoms with Gasteiger partial charge in [-0.15, -0.1) is 0 Å². The third-order valence-electron chi connectivity index (χ3n) is 5.05. The molecule has 0 radical (unpaired) electrons. The lowest BCUT2D eigenvalue weighted by Gasteiger charge is -2.10. The molecule has 3 heterocycles. The first-order chi connectivity index (χ1) is 13.6. The summed E-state index contributed by atoms with van der Waals surface area (Å²) >= 11 is 0. The Hall–Kier alpha value is -3.41. The molecule has 0 aliphatic carbocycles. The second kappa shape index (κ2) is 7.31. The molecule has 1 N–H and O–H groups in total.